The van der Waals surface area contributed by atoms with Crippen LogP contribution in [0.2, 0.25) is 0 Å². The SMILES string of the molecule is CN[C@@H](CO)c1ccc(F)cc1C(F)(F)F. The number of rotatable bonds is 3. The fraction of sp³-hybridized carbons (Fsp3) is 0.400. The second-order valence-electron chi connectivity index (χ2n) is 3.25. The maximum atomic E-state index is 12.8. The summed E-state index contributed by atoms with van der Waals surface area (Å²) in [5.41, 5.74) is -1.24. The zero-order valence-corrected chi connectivity index (χ0v) is 8.48. The van der Waals surface area contributed by atoms with Gasteiger partial charge in [-0.2, -0.15) is 13.2 Å². The van der Waals surface area contributed by atoms with Gasteiger partial charge in [0.1, 0.15) is 5.82 Å². The van der Waals surface area contributed by atoms with Crippen LogP contribution in [0, 0.1) is 5.82 Å². The summed E-state index contributed by atoms with van der Waals surface area (Å²) in [6.45, 7) is -0.495. The minimum absolute atomic E-state index is 0.168. The van der Waals surface area contributed by atoms with E-state index in [1.54, 1.807) is 0 Å². The topological polar surface area (TPSA) is 32.3 Å². The predicted molar refractivity (Wildman–Crippen MR) is 50.3 cm³/mol. The summed E-state index contributed by atoms with van der Waals surface area (Å²) in [4.78, 5) is 0. The molecule has 0 aliphatic rings. The molecule has 0 spiro atoms. The minimum atomic E-state index is -4.64. The monoisotopic (exact) mass is 237 g/mol. The Hall–Kier alpha value is -1.14. The Morgan fingerprint density at radius 1 is 1.38 bits per heavy atom. The standard InChI is InChI=1S/C10H11F4NO/c1-15-9(5-16)7-3-2-6(11)4-8(7)10(12,13)14/h2-4,9,15-16H,5H2,1H3/t9-/m0/s1. The molecule has 0 aliphatic heterocycles. The lowest BCUT2D eigenvalue weighted by molar-refractivity contribution is -0.138. The molecule has 0 heterocycles. The molecule has 0 unspecified atom stereocenters. The first-order chi connectivity index (χ1) is 7.40. The van der Waals surface area contributed by atoms with Gasteiger partial charge >= 0.3 is 6.18 Å². The van der Waals surface area contributed by atoms with Gasteiger partial charge in [-0.1, -0.05) is 6.07 Å². The average molecular weight is 237 g/mol. The van der Waals surface area contributed by atoms with E-state index in [9.17, 15) is 17.6 Å². The zero-order chi connectivity index (χ0) is 12.3. The molecule has 2 nitrogen and oxygen atoms in total. The van der Waals surface area contributed by atoms with Crippen molar-refractivity contribution >= 4 is 0 Å². The number of aliphatic hydroxyl groups is 1. The van der Waals surface area contributed by atoms with Gasteiger partial charge in [0.05, 0.1) is 18.2 Å². The van der Waals surface area contributed by atoms with Crippen molar-refractivity contribution in [3.8, 4) is 0 Å². The molecular formula is C10H11F4NO. The number of hydrogen-bond acceptors (Lipinski definition) is 2. The quantitative estimate of drug-likeness (QED) is 0.789. The van der Waals surface area contributed by atoms with Gasteiger partial charge in [-0.15, -0.1) is 0 Å². The summed E-state index contributed by atoms with van der Waals surface area (Å²) in [6, 6.07) is 1.52. The van der Waals surface area contributed by atoms with Crippen LogP contribution in [0.25, 0.3) is 0 Å². The lowest BCUT2D eigenvalue weighted by Crippen LogP contribution is -2.23. The van der Waals surface area contributed by atoms with E-state index >= 15 is 0 Å². The van der Waals surface area contributed by atoms with Crippen LogP contribution in [0.15, 0.2) is 18.2 Å². The van der Waals surface area contributed by atoms with Gasteiger partial charge < -0.3 is 10.4 Å². The molecule has 6 heteroatoms. The highest BCUT2D eigenvalue weighted by Gasteiger charge is 2.35. The normalized spacial score (nSPS) is 13.9. The largest absolute Gasteiger partial charge is 0.416 e. The van der Waals surface area contributed by atoms with Crippen molar-refractivity contribution in [1.82, 2.24) is 5.32 Å². The fourth-order valence-electron chi connectivity index (χ4n) is 1.42. The van der Waals surface area contributed by atoms with Gasteiger partial charge in [-0.25, -0.2) is 4.39 Å². The number of benzene rings is 1. The molecular weight excluding hydrogens is 226 g/mol. The molecule has 1 atom stereocenters. The van der Waals surface area contributed by atoms with E-state index in [-0.39, 0.29) is 5.56 Å². The zero-order valence-electron chi connectivity index (χ0n) is 8.48. The molecule has 0 amide bonds. The molecule has 1 rings (SSSR count). The summed E-state index contributed by atoms with van der Waals surface area (Å²) in [7, 11) is 1.42. The minimum Gasteiger partial charge on any atom is -0.394 e. The van der Waals surface area contributed by atoms with Crippen LogP contribution < -0.4 is 5.32 Å². The van der Waals surface area contributed by atoms with E-state index in [1.807, 2.05) is 0 Å². The summed E-state index contributed by atoms with van der Waals surface area (Å²) in [6.07, 6.45) is -4.64. The Balaban J connectivity index is 3.27. The van der Waals surface area contributed by atoms with Crippen LogP contribution in [0.3, 0.4) is 0 Å². The smallest absolute Gasteiger partial charge is 0.394 e. The van der Waals surface area contributed by atoms with Crippen LogP contribution in [-0.2, 0) is 6.18 Å². The van der Waals surface area contributed by atoms with E-state index < -0.39 is 30.2 Å². The summed E-state index contributed by atoms with van der Waals surface area (Å²) >= 11 is 0. The summed E-state index contributed by atoms with van der Waals surface area (Å²) < 4.78 is 50.5. The molecule has 1 aromatic rings. The second kappa shape index (κ2) is 4.80. The first-order valence-electron chi connectivity index (χ1n) is 4.55. The van der Waals surface area contributed by atoms with E-state index in [0.29, 0.717) is 6.07 Å². The van der Waals surface area contributed by atoms with Gasteiger partial charge in [0.15, 0.2) is 0 Å². The van der Waals surface area contributed by atoms with Crippen molar-refractivity contribution in [2.24, 2.45) is 0 Å². The number of alkyl halides is 3. The molecule has 16 heavy (non-hydrogen) atoms. The molecule has 0 fully saturated rings. The summed E-state index contributed by atoms with van der Waals surface area (Å²) in [5, 5.41) is 11.4. The van der Waals surface area contributed by atoms with Gasteiger partial charge in [0.25, 0.3) is 0 Å². The number of halogens is 4. The fourth-order valence-corrected chi connectivity index (χ4v) is 1.42. The van der Waals surface area contributed by atoms with Crippen molar-refractivity contribution in [3.63, 3.8) is 0 Å². The van der Waals surface area contributed by atoms with Gasteiger partial charge in [0, 0.05) is 0 Å². The average Bonchev–Trinajstić information content (AvgIpc) is 2.20. The Morgan fingerprint density at radius 2 is 2.00 bits per heavy atom. The molecule has 1 aromatic carbocycles. The highest BCUT2D eigenvalue weighted by Crippen LogP contribution is 2.34. The number of aliphatic hydroxyl groups excluding tert-OH is 1. The third-order valence-electron chi connectivity index (χ3n) is 2.23. The Kier molecular flexibility index (Phi) is 3.88. The van der Waals surface area contributed by atoms with Crippen molar-refractivity contribution < 1.29 is 22.7 Å². The third-order valence-corrected chi connectivity index (χ3v) is 2.23. The van der Waals surface area contributed by atoms with Crippen LogP contribution in [0.1, 0.15) is 17.2 Å². The van der Waals surface area contributed by atoms with Crippen molar-refractivity contribution in [3.05, 3.63) is 35.1 Å². The van der Waals surface area contributed by atoms with Crippen molar-refractivity contribution in [2.75, 3.05) is 13.7 Å². The molecule has 90 valence electrons. The Labute approximate surface area is 89.9 Å². The van der Waals surface area contributed by atoms with Gasteiger partial charge in [-0.3, -0.25) is 0 Å². The van der Waals surface area contributed by atoms with E-state index in [4.69, 9.17) is 5.11 Å². The van der Waals surface area contributed by atoms with E-state index in [1.165, 1.54) is 7.05 Å². The van der Waals surface area contributed by atoms with Crippen molar-refractivity contribution in [1.29, 1.82) is 0 Å². The second-order valence-corrected chi connectivity index (χ2v) is 3.25. The highest BCUT2D eigenvalue weighted by molar-refractivity contribution is 5.33. The number of likely N-dealkylation sites (N-methyl/N-ethyl adjacent to an activating group) is 1. The van der Waals surface area contributed by atoms with Crippen LogP contribution in [0.5, 0.6) is 0 Å². The molecule has 0 radical (unpaired) electrons. The van der Waals surface area contributed by atoms with Crippen LogP contribution >= 0.6 is 0 Å². The maximum absolute atomic E-state index is 12.8. The molecule has 0 aromatic heterocycles. The first-order valence-corrected chi connectivity index (χ1v) is 4.55. The number of nitrogens with one attached hydrogen (secondary N) is 1. The molecule has 0 aliphatic carbocycles. The van der Waals surface area contributed by atoms with Crippen LogP contribution in [0.4, 0.5) is 17.6 Å². The highest BCUT2D eigenvalue weighted by atomic mass is 19.4. The van der Waals surface area contributed by atoms with Crippen LogP contribution in [-0.4, -0.2) is 18.8 Å². The maximum Gasteiger partial charge on any atom is 0.416 e. The van der Waals surface area contributed by atoms with E-state index in [0.717, 1.165) is 12.1 Å². The molecule has 0 bridgehead atoms. The molecule has 2 N–H and O–H groups in total. The van der Waals surface area contributed by atoms with Gasteiger partial charge in [-0.05, 0) is 24.7 Å². The van der Waals surface area contributed by atoms with E-state index in [2.05, 4.69) is 5.32 Å². The lowest BCUT2D eigenvalue weighted by atomic mass is 10.0. The van der Waals surface area contributed by atoms with Crippen molar-refractivity contribution in [2.45, 2.75) is 12.2 Å². The Morgan fingerprint density at radius 3 is 2.44 bits per heavy atom. The Bertz CT molecular complexity index is 360. The summed E-state index contributed by atoms with van der Waals surface area (Å²) in [5.74, 6) is -0.955. The first kappa shape index (κ1) is 12.9. The number of hydrogen-bond donors (Lipinski definition) is 2. The third kappa shape index (κ3) is 2.70. The lowest BCUT2D eigenvalue weighted by Gasteiger charge is -2.19. The molecule has 0 saturated heterocycles. The molecule has 0 saturated carbocycles. The predicted octanol–water partition coefficient (Wildman–Crippen LogP) is 2.10. The van der Waals surface area contributed by atoms with Gasteiger partial charge in [0.2, 0.25) is 0 Å².